The number of carbonyl (C=O) groups excluding carboxylic acids is 1. The van der Waals surface area contributed by atoms with E-state index in [1.54, 1.807) is 6.20 Å². The molecule has 0 saturated heterocycles. The molecule has 1 heterocycles. The molecule has 1 amide bonds. The third-order valence-electron chi connectivity index (χ3n) is 4.40. The van der Waals surface area contributed by atoms with E-state index in [1.165, 1.54) is 11.1 Å². The van der Waals surface area contributed by atoms with Crippen LogP contribution in [0.1, 0.15) is 34.1 Å². The SMILES string of the molecule is CCc1c(C(=O)NCCOc2ccc(C)cc2)cnn1-c1ccc(C)cc1. The van der Waals surface area contributed by atoms with Crippen molar-refractivity contribution >= 4 is 5.91 Å². The van der Waals surface area contributed by atoms with Gasteiger partial charge in [-0.1, -0.05) is 42.3 Å². The summed E-state index contributed by atoms with van der Waals surface area (Å²) in [5.41, 5.74) is 4.84. The number of carbonyl (C=O) groups is 1. The maximum absolute atomic E-state index is 12.6. The highest BCUT2D eigenvalue weighted by Gasteiger charge is 2.16. The van der Waals surface area contributed by atoms with E-state index in [4.69, 9.17) is 4.74 Å². The van der Waals surface area contributed by atoms with Gasteiger partial charge in [-0.3, -0.25) is 4.79 Å². The Morgan fingerprint density at radius 1 is 1.04 bits per heavy atom. The normalized spacial score (nSPS) is 10.6. The lowest BCUT2D eigenvalue weighted by molar-refractivity contribution is 0.0946. The fourth-order valence-electron chi connectivity index (χ4n) is 2.88. The number of amides is 1. The monoisotopic (exact) mass is 363 g/mol. The number of ether oxygens (including phenoxy) is 1. The average Bonchev–Trinajstić information content (AvgIpc) is 3.11. The number of hydrogen-bond donors (Lipinski definition) is 1. The molecule has 0 atom stereocenters. The molecule has 0 saturated carbocycles. The Morgan fingerprint density at radius 3 is 2.30 bits per heavy atom. The maximum Gasteiger partial charge on any atom is 0.254 e. The standard InChI is InChI=1S/C22H25N3O2/c1-4-21-20(15-24-25(21)18-9-5-16(2)6-10-18)22(26)23-13-14-27-19-11-7-17(3)8-12-19/h5-12,15H,4,13-14H2,1-3H3,(H,23,26). The first-order chi connectivity index (χ1) is 13.1. The summed E-state index contributed by atoms with van der Waals surface area (Å²) >= 11 is 0. The van der Waals surface area contributed by atoms with Gasteiger partial charge in [0.1, 0.15) is 12.4 Å². The molecule has 2 aromatic carbocycles. The number of rotatable bonds is 7. The second-order valence-electron chi connectivity index (χ2n) is 6.52. The van der Waals surface area contributed by atoms with Gasteiger partial charge in [0, 0.05) is 0 Å². The van der Waals surface area contributed by atoms with E-state index in [9.17, 15) is 4.79 Å². The summed E-state index contributed by atoms with van der Waals surface area (Å²) < 4.78 is 7.48. The third-order valence-corrected chi connectivity index (χ3v) is 4.40. The van der Waals surface area contributed by atoms with Crippen molar-refractivity contribution in [2.75, 3.05) is 13.2 Å². The molecule has 5 nitrogen and oxygen atoms in total. The van der Waals surface area contributed by atoms with Gasteiger partial charge in [0.05, 0.1) is 29.7 Å². The summed E-state index contributed by atoms with van der Waals surface area (Å²) in [6.45, 7) is 6.96. The van der Waals surface area contributed by atoms with Gasteiger partial charge in [0.15, 0.2) is 0 Å². The zero-order chi connectivity index (χ0) is 19.2. The Bertz CT molecular complexity index is 896. The molecular formula is C22H25N3O2. The van der Waals surface area contributed by atoms with Gasteiger partial charge < -0.3 is 10.1 Å². The number of nitrogens with zero attached hydrogens (tertiary/aromatic N) is 2. The van der Waals surface area contributed by atoms with Crippen molar-refractivity contribution in [3.05, 3.63) is 77.1 Å². The molecule has 0 bridgehead atoms. The topological polar surface area (TPSA) is 56.1 Å². The van der Waals surface area contributed by atoms with E-state index in [1.807, 2.05) is 74.0 Å². The Kier molecular flexibility index (Phi) is 5.91. The molecule has 0 fully saturated rings. The van der Waals surface area contributed by atoms with Crippen molar-refractivity contribution in [1.82, 2.24) is 15.1 Å². The summed E-state index contributed by atoms with van der Waals surface area (Å²) in [6.07, 6.45) is 2.35. The zero-order valence-electron chi connectivity index (χ0n) is 16.0. The minimum absolute atomic E-state index is 0.127. The fourth-order valence-corrected chi connectivity index (χ4v) is 2.88. The highest BCUT2D eigenvalue weighted by Crippen LogP contribution is 2.16. The van der Waals surface area contributed by atoms with Crippen LogP contribution in [-0.4, -0.2) is 28.8 Å². The lowest BCUT2D eigenvalue weighted by Crippen LogP contribution is -2.28. The van der Waals surface area contributed by atoms with E-state index in [0.717, 1.165) is 23.6 Å². The molecule has 27 heavy (non-hydrogen) atoms. The van der Waals surface area contributed by atoms with Gasteiger partial charge in [-0.05, 0) is 44.5 Å². The predicted octanol–water partition coefficient (Wildman–Crippen LogP) is 3.86. The number of aryl methyl sites for hydroxylation is 2. The van der Waals surface area contributed by atoms with Crippen LogP contribution in [0.4, 0.5) is 0 Å². The predicted molar refractivity (Wildman–Crippen MR) is 107 cm³/mol. The first-order valence-corrected chi connectivity index (χ1v) is 9.20. The van der Waals surface area contributed by atoms with Crippen LogP contribution in [-0.2, 0) is 6.42 Å². The summed E-state index contributed by atoms with van der Waals surface area (Å²) in [6, 6.07) is 16.0. The van der Waals surface area contributed by atoms with Gasteiger partial charge in [0.2, 0.25) is 0 Å². The fraction of sp³-hybridized carbons (Fsp3) is 0.273. The Morgan fingerprint density at radius 2 is 1.67 bits per heavy atom. The molecule has 0 aliphatic carbocycles. The van der Waals surface area contributed by atoms with Gasteiger partial charge in [-0.2, -0.15) is 5.10 Å². The van der Waals surface area contributed by atoms with Gasteiger partial charge in [0.25, 0.3) is 5.91 Å². The summed E-state index contributed by atoms with van der Waals surface area (Å²) in [5.74, 6) is 0.675. The van der Waals surface area contributed by atoms with E-state index in [2.05, 4.69) is 10.4 Å². The molecule has 0 unspecified atom stereocenters. The molecule has 1 N–H and O–H groups in total. The van der Waals surface area contributed by atoms with Crippen molar-refractivity contribution in [3.8, 4) is 11.4 Å². The molecule has 3 rings (SSSR count). The summed E-state index contributed by atoms with van der Waals surface area (Å²) in [5, 5.41) is 7.33. The molecule has 1 aromatic heterocycles. The molecule has 0 aliphatic heterocycles. The Balaban J connectivity index is 1.61. The minimum atomic E-state index is -0.127. The van der Waals surface area contributed by atoms with E-state index < -0.39 is 0 Å². The average molecular weight is 363 g/mol. The van der Waals surface area contributed by atoms with Crippen LogP contribution < -0.4 is 10.1 Å². The zero-order valence-corrected chi connectivity index (χ0v) is 16.0. The number of nitrogens with one attached hydrogen (secondary N) is 1. The van der Waals surface area contributed by atoms with Crippen molar-refractivity contribution in [2.45, 2.75) is 27.2 Å². The van der Waals surface area contributed by atoms with Crippen molar-refractivity contribution < 1.29 is 9.53 Å². The van der Waals surface area contributed by atoms with Crippen molar-refractivity contribution in [1.29, 1.82) is 0 Å². The van der Waals surface area contributed by atoms with Crippen LogP contribution in [0.25, 0.3) is 5.69 Å². The quantitative estimate of drug-likeness (QED) is 0.649. The summed E-state index contributed by atoms with van der Waals surface area (Å²) in [7, 11) is 0. The van der Waals surface area contributed by atoms with Crippen molar-refractivity contribution in [2.24, 2.45) is 0 Å². The van der Waals surface area contributed by atoms with E-state index in [-0.39, 0.29) is 5.91 Å². The third kappa shape index (κ3) is 4.56. The number of benzene rings is 2. The first kappa shape index (κ1) is 18.7. The Hall–Kier alpha value is -3.08. The lowest BCUT2D eigenvalue weighted by atomic mass is 10.1. The van der Waals surface area contributed by atoms with E-state index in [0.29, 0.717) is 18.7 Å². The van der Waals surface area contributed by atoms with Crippen LogP contribution >= 0.6 is 0 Å². The van der Waals surface area contributed by atoms with Crippen LogP contribution in [0.15, 0.2) is 54.7 Å². The molecule has 0 radical (unpaired) electrons. The van der Waals surface area contributed by atoms with Crippen LogP contribution in [0.3, 0.4) is 0 Å². The van der Waals surface area contributed by atoms with Crippen LogP contribution in [0.5, 0.6) is 5.75 Å². The maximum atomic E-state index is 12.6. The lowest BCUT2D eigenvalue weighted by Gasteiger charge is -2.10. The molecule has 5 heteroatoms. The van der Waals surface area contributed by atoms with Crippen LogP contribution in [0.2, 0.25) is 0 Å². The molecule has 140 valence electrons. The van der Waals surface area contributed by atoms with E-state index >= 15 is 0 Å². The van der Waals surface area contributed by atoms with Gasteiger partial charge >= 0.3 is 0 Å². The number of hydrogen-bond acceptors (Lipinski definition) is 3. The van der Waals surface area contributed by atoms with Crippen molar-refractivity contribution in [3.63, 3.8) is 0 Å². The van der Waals surface area contributed by atoms with Gasteiger partial charge in [-0.25, -0.2) is 4.68 Å². The number of aromatic nitrogens is 2. The molecule has 0 aliphatic rings. The smallest absolute Gasteiger partial charge is 0.254 e. The first-order valence-electron chi connectivity index (χ1n) is 9.20. The minimum Gasteiger partial charge on any atom is -0.492 e. The summed E-state index contributed by atoms with van der Waals surface area (Å²) in [4.78, 5) is 12.6. The Labute approximate surface area is 160 Å². The highest BCUT2D eigenvalue weighted by atomic mass is 16.5. The highest BCUT2D eigenvalue weighted by molar-refractivity contribution is 5.95. The molecular weight excluding hydrogens is 338 g/mol. The second-order valence-corrected chi connectivity index (χ2v) is 6.52. The second kappa shape index (κ2) is 8.54. The van der Waals surface area contributed by atoms with Crippen LogP contribution in [0, 0.1) is 13.8 Å². The largest absolute Gasteiger partial charge is 0.492 e. The van der Waals surface area contributed by atoms with Gasteiger partial charge in [-0.15, -0.1) is 0 Å². The molecule has 3 aromatic rings. The molecule has 0 spiro atoms.